The lowest BCUT2D eigenvalue weighted by molar-refractivity contribution is 0.0411. The molecule has 0 amide bonds. The molecule has 1 saturated heterocycles. The van der Waals surface area contributed by atoms with Crippen LogP contribution in [0.3, 0.4) is 0 Å². The van der Waals surface area contributed by atoms with E-state index in [4.69, 9.17) is 16.3 Å². The number of benzene rings is 1. The highest BCUT2D eigenvalue weighted by Crippen LogP contribution is 2.62. The van der Waals surface area contributed by atoms with Gasteiger partial charge in [0.05, 0.1) is 12.7 Å². The van der Waals surface area contributed by atoms with Gasteiger partial charge in [0.2, 0.25) is 0 Å². The van der Waals surface area contributed by atoms with Crippen molar-refractivity contribution in [2.24, 2.45) is 11.8 Å². The molecule has 0 aromatic heterocycles. The van der Waals surface area contributed by atoms with Crippen LogP contribution in [0, 0.1) is 18.8 Å². The van der Waals surface area contributed by atoms with Gasteiger partial charge >= 0.3 is 0 Å². The molecule has 1 aliphatic carbocycles. The van der Waals surface area contributed by atoms with E-state index in [1.54, 1.807) is 0 Å². The summed E-state index contributed by atoms with van der Waals surface area (Å²) >= 11 is 6.18. The van der Waals surface area contributed by atoms with E-state index < -0.39 is 0 Å². The predicted molar refractivity (Wildman–Crippen MR) is 83.4 cm³/mol. The third-order valence-electron chi connectivity index (χ3n) is 5.31. The zero-order chi connectivity index (χ0) is 14.3. The van der Waals surface area contributed by atoms with E-state index in [2.05, 4.69) is 38.2 Å². The molecule has 3 heteroatoms. The second kappa shape index (κ2) is 5.32. The minimum absolute atomic E-state index is 0.226. The number of hydrogen-bond acceptors (Lipinski definition) is 2. The smallest absolute Gasteiger partial charge is 0.0573 e. The van der Waals surface area contributed by atoms with Crippen molar-refractivity contribution in [3.63, 3.8) is 0 Å². The van der Waals surface area contributed by atoms with Crippen LogP contribution in [0.1, 0.15) is 31.4 Å². The first kappa shape index (κ1) is 14.4. The fourth-order valence-electron chi connectivity index (χ4n) is 3.71. The largest absolute Gasteiger partial charge is 0.378 e. The molecular formula is C17H24ClNO. The zero-order valence-corrected chi connectivity index (χ0v) is 13.3. The van der Waals surface area contributed by atoms with Gasteiger partial charge < -0.3 is 10.1 Å². The molecule has 1 aromatic rings. The molecule has 1 aliphatic heterocycles. The summed E-state index contributed by atoms with van der Waals surface area (Å²) in [5, 5.41) is 4.35. The normalized spacial score (nSPS) is 33.0. The van der Waals surface area contributed by atoms with Gasteiger partial charge in [0.25, 0.3) is 0 Å². The average Bonchev–Trinajstić information content (AvgIpc) is 2.82. The third-order valence-corrected chi connectivity index (χ3v) is 5.73. The number of hydrogen-bond donors (Lipinski definition) is 1. The number of fused-ring (bicyclic) bond motifs is 1. The summed E-state index contributed by atoms with van der Waals surface area (Å²) < 4.78 is 6.12. The van der Waals surface area contributed by atoms with Crippen molar-refractivity contribution in [3.8, 4) is 0 Å². The lowest BCUT2D eigenvalue weighted by Crippen LogP contribution is -2.31. The number of halogens is 1. The van der Waals surface area contributed by atoms with Crippen LogP contribution in [0.25, 0.3) is 0 Å². The molecule has 3 rings (SSSR count). The number of nitrogens with one attached hydrogen (secondary N) is 1. The van der Waals surface area contributed by atoms with Crippen molar-refractivity contribution in [2.75, 3.05) is 19.7 Å². The van der Waals surface area contributed by atoms with Crippen LogP contribution in [-0.2, 0) is 10.2 Å². The Balaban J connectivity index is 1.85. The lowest BCUT2D eigenvalue weighted by Gasteiger charge is -2.24. The number of ether oxygens (including phenoxy) is 1. The van der Waals surface area contributed by atoms with E-state index in [9.17, 15) is 0 Å². The topological polar surface area (TPSA) is 21.3 Å². The van der Waals surface area contributed by atoms with E-state index in [0.29, 0.717) is 6.10 Å². The minimum atomic E-state index is 0.226. The summed E-state index contributed by atoms with van der Waals surface area (Å²) in [6.07, 6.45) is 1.41. The Kier molecular flexibility index (Phi) is 3.83. The number of aryl methyl sites for hydroxylation is 1. The summed E-state index contributed by atoms with van der Waals surface area (Å²) in [6, 6.07) is 6.51. The molecule has 0 bridgehead atoms. The second-order valence-electron chi connectivity index (χ2n) is 6.41. The van der Waals surface area contributed by atoms with Gasteiger partial charge in [-0.1, -0.05) is 30.7 Å². The Morgan fingerprint density at radius 3 is 2.70 bits per heavy atom. The van der Waals surface area contributed by atoms with E-state index in [-0.39, 0.29) is 5.41 Å². The second-order valence-corrected chi connectivity index (χ2v) is 6.81. The van der Waals surface area contributed by atoms with Crippen molar-refractivity contribution in [3.05, 3.63) is 34.3 Å². The maximum atomic E-state index is 6.18. The van der Waals surface area contributed by atoms with Gasteiger partial charge in [-0.2, -0.15) is 0 Å². The van der Waals surface area contributed by atoms with Crippen LogP contribution in [0.5, 0.6) is 0 Å². The van der Waals surface area contributed by atoms with E-state index in [1.165, 1.54) is 11.1 Å². The first-order valence-electron chi connectivity index (χ1n) is 7.68. The van der Waals surface area contributed by atoms with Crippen LogP contribution in [0.4, 0.5) is 0 Å². The fraction of sp³-hybridized carbons (Fsp3) is 0.647. The molecule has 1 heterocycles. The molecule has 1 saturated carbocycles. The molecule has 1 N–H and O–H groups in total. The molecule has 20 heavy (non-hydrogen) atoms. The number of rotatable bonds is 5. The molecule has 2 fully saturated rings. The summed E-state index contributed by atoms with van der Waals surface area (Å²) in [6.45, 7) is 9.52. The van der Waals surface area contributed by atoms with Gasteiger partial charge in [-0.3, -0.25) is 0 Å². The monoisotopic (exact) mass is 293 g/mol. The molecule has 2 aliphatic rings. The van der Waals surface area contributed by atoms with Crippen molar-refractivity contribution >= 4 is 11.6 Å². The first-order valence-corrected chi connectivity index (χ1v) is 8.06. The SMILES string of the molecule is CCC(C)OCC1(c2ccc(Cl)c(C)c2)C2CNCC21. The average molecular weight is 294 g/mol. The molecule has 110 valence electrons. The lowest BCUT2D eigenvalue weighted by atomic mass is 9.90. The van der Waals surface area contributed by atoms with Crippen LogP contribution >= 0.6 is 11.6 Å². The molecule has 3 atom stereocenters. The predicted octanol–water partition coefficient (Wildman–Crippen LogP) is 3.55. The Labute approximate surface area is 126 Å². The van der Waals surface area contributed by atoms with Gasteiger partial charge in [-0.05, 0) is 62.4 Å². The molecule has 0 spiro atoms. The minimum Gasteiger partial charge on any atom is -0.378 e. The summed E-state index contributed by atoms with van der Waals surface area (Å²) in [5.74, 6) is 1.46. The van der Waals surface area contributed by atoms with Gasteiger partial charge in [0.15, 0.2) is 0 Å². The Bertz CT molecular complexity index is 492. The van der Waals surface area contributed by atoms with E-state index in [0.717, 1.165) is 43.0 Å². The summed E-state index contributed by atoms with van der Waals surface area (Å²) in [4.78, 5) is 0. The molecule has 0 radical (unpaired) electrons. The first-order chi connectivity index (χ1) is 9.59. The highest BCUT2D eigenvalue weighted by Gasteiger charge is 2.67. The van der Waals surface area contributed by atoms with Gasteiger partial charge in [0.1, 0.15) is 0 Å². The maximum absolute atomic E-state index is 6.18. The summed E-state index contributed by atoms with van der Waals surface area (Å²) in [7, 11) is 0. The molecular weight excluding hydrogens is 270 g/mol. The van der Waals surface area contributed by atoms with Crippen molar-refractivity contribution in [1.29, 1.82) is 0 Å². The van der Waals surface area contributed by atoms with Crippen LogP contribution < -0.4 is 5.32 Å². The van der Waals surface area contributed by atoms with Gasteiger partial charge in [0, 0.05) is 10.4 Å². The van der Waals surface area contributed by atoms with Crippen LogP contribution in [0.15, 0.2) is 18.2 Å². The van der Waals surface area contributed by atoms with E-state index >= 15 is 0 Å². The maximum Gasteiger partial charge on any atom is 0.0573 e. The highest BCUT2D eigenvalue weighted by molar-refractivity contribution is 6.31. The fourth-order valence-corrected chi connectivity index (χ4v) is 3.82. The van der Waals surface area contributed by atoms with Crippen LogP contribution in [-0.4, -0.2) is 25.8 Å². The van der Waals surface area contributed by atoms with Crippen molar-refractivity contribution in [1.82, 2.24) is 5.32 Å². The third kappa shape index (κ3) is 2.18. The Morgan fingerprint density at radius 1 is 1.40 bits per heavy atom. The standard InChI is InChI=1S/C17H24ClNO/c1-4-12(3)20-10-17(14-8-19-9-15(14)17)13-5-6-16(18)11(2)7-13/h5-7,12,14-15,19H,4,8-10H2,1-3H3. The zero-order valence-electron chi connectivity index (χ0n) is 12.6. The Hall–Kier alpha value is -0.570. The quantitative estimate of drug-likeness (QED) is 0.896. The highest BCUT2D eigenvalue weighted by atomic mass is 35.5. The van der Waals surface area contributed by atoms with Crippen molar-refractivity contribution < 1.29 is 4.74 Å². The molecule has 2 nitrogen and oxygen atoms in total. The van der Waals surface area contributed by atoms with Crippen molar-refractivity contribution in [2.45, 2.75) is 38.7 Å². The van der Waals surface area contributed by atoms with Gasteiger partial charge in [-0.25, -0.2) is 0 Å². The van der Waals surface area contributed by atoms with Gasteiger partial charge in [-0.15, -0.1) is 0 Å². The molecule has 3 unspecified atom stereocenters. The Morgan fingerprint density at radius 2 is 2.10 bits per heavy atom. The molecule has 1 aromatic carbocycles. The summed E-state index contributed by atoms with van der Waals surface area (Å²) in [5.41, 5.74) is 2.81. The number of piperidine rings is 1. The van der Waals surface area contributed by atoms with E-state index in [1.807, 2.05) is 6.07 Å². The van der Waals surface area contributed by atoms with Crippen LogP contribution in [0.2, 0.25) is 5.02 Å².